The van der Waals surface area contributed by atoms with E-state index in [1.165, 1.54) is 12.1 Å². The lowest BCUT2D eigenvalue weighted by molar-refractivity contribution is -0.133. The number of nitrogens with two attached hydrogens (primary N) is 1. The van der Waals surface area contributed by atoms with Gasteiger partial charge in [0.15, 0.2) is 0 Å². The van der Waals surface area contributed by atoms with Crippen molar-refractivity contribution in [3.63, 3.8) is 0 Å². The molecule has 2 N–H and O–H groups in total. The van der Waals surface area contributed by atoms with Gasteiger partial charge in [0.25, 0.3) is 0 Å². The van der Waals surface area contributed by atoms with Crippen LogP contribution >= 0.6 is 0 Å². The van der Waals surface area contributed by atoms with Crippen LogP contribution in [0.15, 0.2) is 24.3 Å². The molecule has 1 aromatic carbocycles. The fourth-order valence-corrected chi connectivity index (χ4v) is 3.76. The lowest BCUT2D eigenvalue weighted by Crippen LogP contribution is -2.56. The first-order valence-electron chi connectivity index (χ1n) is 8.90. The molecule has 1 amide bonds. The van der Waals surface area contributed by atoms with Gasteiger partial charge in [0.05, 0.1) is 0 Å². The van der Waals surface area contributed by atoms with Crippen molar-refractivity contribution in [3.8, 4) is 0 Å². The summed E-state index contributed by atoms with van der Waals surface area (Å²) < 4.78 is 13.0. The van der Waals surface area contributed by atoms with Gasteiger partial charge in [-0.1, -0.05) is 0 Å². The number of amides is 1. The molecule has 3 rings (SSSR count). The number of piperazine rings is 1. The molecule has 0 spiro atoms. The molecule has 0 unspecified atom stereocenters. The minimum atomic E-state index is -0.193. The second-order valence-corrected chi connectivity index (χ2v) is 6.67. The van der Waals surface area contributed by atoms with E-state index in [9.17, 15) is 9.18 Å². The third-order valence-corrected chi connectivity index (χ3v) is 5.13. The Bertz CT molecular complexity index is 542. The topological polar surface area (TPSA) is 52.8 Å². The summed E-state index contributed by atoms with van der Waals surface area (Å²) >= 11 is 0. The van der Waals surface area contributed by atoms with Crippen LogP contribution in [0.3, 0.4) is 0 Å². The van der Waals surface area contributed by atoms with Crippen LogP contribution in [0.5, 0.6) is 0 Å². The van der Waals surface area contributed by atoms with E-state index in [0.717, 1.165) is 57.8 Å². The van der Waals surface area contributed by atoms with E-state index in [0.29, 0.717) is 19.0 Å². The lowest BCUT2D eigenvalue weighted by Gasteiger charge is -2.44. The number of rotatable bonds is 4. The van der Waals surface area contributed by atoms with Gasteiger partial charge in [-0.15, -0.1) is 0 Å². The summed E-state index contributed by atoms with van der Waals surface area (Å²) in [4.78, 5) is 18.9. The standard InChI is InChI=1S/C18H27FN4O/c19-15-3-5-16(6-4-15)21-10-12-22(13-11-21)17-2-1-9-23(14-17)18(24)7-8-20/h3-6,17H,1-2,7-14,20H2/t17-/m1/s1. The number of hydrogen-bond acceptors (Lipinski definition) is 4. The van der Waals surface area contributed by atoms with Crippen LogP contribution in [0.25, 0.3) is 0 Å². The number of piperidine rings is 1. The molecular formula is C18H27FN4O. The monoisotopic (exact) mass is 334 g/mol. The SMILES string of the molecule is NCCC(=O)N1CCC[C@@H](N2CCN(c3ccc(F)cc3)CC2)C1. The Morgan fingerprint density at radius 3 is 2.50 bits per heavy atom. The van der Waals surface area contributed by atoms with Crippen LogP contribution in [-0.2, 0) is 4.79 Å². The third kappa shape index (κ3) is 4.05. The molecule has 5 nitrogen and oxygen atoms in total. The first kappa shape index (κ1) is 17.2. The maximum Gasteiger partial charge on any atom is 0.223 e. The number of anilines is 1. The molecule has 2 aliphatic rings. The lowest BCUT2D eigenvalue weighted by atomic mass is 10.0. The van der Waals surface area contributed by atoms with Gasteiger partial charge in [0, 0.05) is 64.0 Å². The summed E-state index contributed by atoms with van der Waals surface area (Å²) in [5.41, 5.74) is 6.59. The maximum atomic E-state index is 13.0. The second-order valence-electron chi connectivity index (χ2n) is 6.67. The largest absolute Gasteiger partial charge is 0.369 e. The van der Waals surface area contributed by atoms with Gasteiger partial charge in [0.1, 0.15) is 5.82 Å². The first-order valence-corrected chi connectivity index (χ1v) is 8.90. The van der Waals surface area contributed by atoms with Crippen molar-refractivity contribution in [2.45, 2.75) is 25.3 Å². The quantitative estimate of drug-likeness (QED) is 0.901. The molecule has 0 saturated carbocycles. The number of carbonyl (C=O) groups excluding carboxylic acids is 1. The number of hydrogen-bond donors (Lipinski definition) is 1. The molecule has 2 heterocycles. The molecule has 1 atom stereocenters. The summed E-state index contributed by atoms with van der Waals surface area (Å²) in [6, 6.07) is 7.18. The Morgan fingerprint density at radius 2 is 1.83 bits per heavy atom. The average molecular weight is 334 g/mol. The van der Waals surface area contributed by atoms with Gasteiger partial charge < -0.3 is 15.5 Å². The Labute approximate surface area is 143 Å². The van der Waals surface area contributed by atoms with E-state index in [1.54, 1.807) is 0 Å². The van der Waals surface area contributed by atoms with Crippen molar-refractivity contribution >= 4 is 11.6 Å². The zero-order chi connectivity index (χ0) is 16.9. The normalized spacial score (nSPS) is 22.7. The van der Waals surface area contributed by atoms with Crippen LogP contribution in [0.2, 0.25) is 0 Å². The minimum Gasteiger partial charge on any atom is -0.369 e. The van der Waals surface area contributed by atoms with Gasteiger partial charge in [-0.05, 0) is 37.1 Å². The fourth-order valence-electron chi connectivity index (χ4n) is 3.76. The molecule has 2 aliphatic heterocycles. The van der Waals surface area contributed by atoms with Crippen molar-refractivity contribution in [1.82, 2.24) is 9.80 Å². The molecular weight excluding hydrogens is 307 g/mol. The Kier molecular flexibility index (Phi) is 5.68. The summed E-state index contributed by atoms with van der Waals surface area (Å²) in [5.74, 6) is -0.00558. The van der Waals surface area contributed by atoms with Crippen LogP contribution in [0.4, 0.5) is 10.1 Å². The van der Waals surface area contributed by atoms with Gasteiger partial charge in [-0.3, -0.25) is 9.69 Å². The minimum absolute atomic E-state index is 0.187. The summed E-state index contributed by atoms with van der Waals surface area (Å²) in [6.07, 6.45) is 2.67. The van der Waals surface area contributed by atoms with Gasteiger partial charge in [-0.2, -0.15) is 0 Å². The van der Waals surface area contributed by atoms with Crippen molar-refractivity contribution in [3.05, 3.63) is 30.1 Å². The number of likely N-dealkylation sites (tertiary alicyclic amines) is 1. The first-order chi connectivity index (χ1) is 11.7. The van der Waals surface area contributed by atoms with Crippen LogP contribution in [0, 0.1) is 5.82 Å². The van der Waals surface area contributed by atoms with E-state index in [4.69, 9.17) is 5.73 Å². The summed E-state index contributed by atoms with van der Waals surface area (Å²) in [6.45, 7) is 5.98. The molecule has 0 aromatic heterocycles. The van der Waals surface area contributed by atoms with Crippen LogP contribution < -0.4 is 10.6 Å². The van der Waals surface area contributed by atoms with E-state index in [1.807, 2.05) is 17.0 Å². The van der Waals surface area contributed by atoms with Crippen molar-refractivity contribution < 1.29 is 9.18 Å². The van der Waals surface area contributed by atoms with Crippen molar-refractivity contribution in [2.24, 2.45) is 5.73 Å². The molecule has 132 valence electrons. The molecule has 24 heavy (non-hydrogen) atoms. The van der Waals surface area contributed by atoms with Crippen LogP contribution in [0.1, 0.15) is 19.3 Å². The van der Waals surface area contributed by atoms with Crippen molar-refractivity contribution in [1.29, 1.82) is 0 Å². The Morgan fingerprint density at radius 1 is 1.12 bits per heavy atom. The fraction of sp³-hybridized carbons (Fsp3) is 0.611. The van der Waals surface area contributed by atoms with Crippen LogP contribution in [-0.4, -0.2) is 67.6 Å². The number of halogens is 1. The molecule has 0 bridgehead atoms. The number of nitrogens with zero attached hydrogens (tertiary/aromatic N) is 3. The highest BCUT2D eigenvalue weighted by Crippen LogP contribution is 2.21. The molecule has 2 fully saturated rings. The molecule has 2 saturated heterocycles. The van der Waals surface area contributed by atoms with E-state index in [-0.39, 0.29) is 11.7 Å². The Hall–Kier alpha value is -1.66. The zero-order valence-corrected chi connectivity index (χ0v) is 14.2. The number of carbonyl (C=O) groups is 1. The van der Waals surface area contributed by atoms with Crippen molar-refractivity contribution in [2.75, 3.05) is 50.7 Å². The van der Waals surface area contributed by atoms with Gasteiger partial charge in [-0.25, -0.2) is 4.39 Å². The van der Waals surface area contributed by atoms with E-state index >= 15 is 0 Å². The zero-order valence-electron chi connectivity index (χ0n) is 14.2. The van der Waals surface area contributed by atoms with Gasteiger partial charge >= 0.3 is 0 Å². The molecule has 6 heteroatoms. The highest BCUT2D eigenvalue weighted by atomic mass is 19.1. The molecule has 1 aromatic rings. The van der Waals surface area contributed by atoms with E-state index in [2.05, 4.69) is 9.80 Å². The van der Waals surface area contributed by atoms with E-state index < -0.39 is 0 Å². The molecule has 0 aliphatic carbocycles. The number of benzene rings is 1. The highest BCUT2D eigenvalue weighted by molar-refractivity contribution is 5.76. The highest BCUT2D eigenvalue weighted by Gasteiger charge is 2.29. The molecule has 0 radical (unpaired) electrons. The average Bonchev–Trinajstić information content (AvgIpc) is 2.63. The summed E-state index contributed by atoms with van der Waals surface area (Å²) in [5, 5.41) is 0. The smallest absolute Gasteiger partial charge is 0.223 e. The predicted molar refractivity (Wildman–Crippen MR) is 93.5 cm³/mol. The predicted octanol–water partition coefficient (Wildman–Crippen LogP) is 1.29. The summed E-state index contributed by atoms with van der Waals surface area (Å²) in [7, 11) is 0. The second kappa shape index (κ2) is 7.94. The van der Waals surface area contributed by atoms with Gasteiger partial charge in [0.2, 0.25) is 5.91 Å². The maximum absolute atomic E-state index is 13.0. The third-order valence-electron chi connectivity index (χ3n) is 5.13. The Balaban J connectivity index is 1.52.